The van der Waals surface area contributed by atoms with Crippen LogP contribution in [-0.4, -0.2) is 0 Å². The van der Waals surface area contributed by atoms with Crippen LogP contribution >= 0.6 is 0 Å². The van der Waals surface area contributed by atoms with Crippen molar-refractivity contribution < 1.29 is 0 Å². The minimum atomic E-state index is 1.28. The summed E-state index contributed by atoms with van der Waals surface area (Å²) in [7, 11) is 0. The lowest BCUT2D eigenvalue weighted by atomic mass is 10.0. The topological polar surface area (TPSA) is 0 Å². The molecule has 1 aromatic rings. The highest BCUT2D eigenvalue weighted by molar-refractivity contribution is 5.22. The molecule has 0 bridgehead atoms. The monoisotopic (exact) mass is 723 g/mol. The summed E-state index contributed by atoms with van der Waals surface area (Å²) in [6.07, 6.45) is 63.9. The van der Waals surface area contributed by atoms with Crippen molar-refractivity contribution in [2.45, 2.75) is 296 Å². The van der Waals surface area contributed by atoms with Gasteiger partial charge < -0.3 is 0 Å². The van der Waals surface area contributed by atoms with Crippen LogP contribution in [0, 0.1) is 0 Å². The van der Waals surface area contributed by atoms with E-state index in [2.05, 4.69) is 38.1 Å². The van der Waals surface area contributed by atoms with Gasteiger partial charge in [0, 0.05) is 0 Å². The first-order valence-corrected chi connectivity index (χ1v) is 24.9. The number of rotatable bonds is 44. The number of unbranched alkanes of at least 4 members (excludes halogenated alkanes) is 40. The molecule has 0 saturated heterocycles. The van der Waals surface area contributed by atoms with Crippen molar-refractivity contribution in [2.75, 3.05) is 0 Å². The average Bonchev–Trinajstić information content (AvgIpc) is 3.16. The van der Waals surface area contributed by atoms with Crippen LogP contribution in [-0.2, 0) is 12.8 Å². The first-order chi connectivity index (χ1) is 25.9. The van der Waals surface area contributed by atoms with Gasteiger partial charge in [0.25, 0.3) is 0 Å². The highest BCUT2D eigenvalue weighted by Gasteiger charge is 2.00. The maximum atomic E-state index is 2.42. The van der Waals surface area contributed by atoms with Gasteiger partial charge in [0.15, 0.2) is 0 Å². The summed E-state index contributed by atoms with van der Waals surface area (Å²) in [5.41, 5.74) is 3.11. The van der Waals surface area contributed by atoms with Crippen LogP contribution in [0.2, 0.25) is 0 Å². The van der Waals surface area contributed by atoms with Gasteiger partial charge in [-0.1, -0.05) is 295 Å². The third-order valence-electron chi connectivity index (χ3n) is 12.2. The maximum Gasteiger partial charge on any atom is -0.0279 e. The van der Waals surface area contributed by atoms with E-state index in [0.717, 1.165) is 0 Å². The molecule has 0 aliphatic carbocycles. The van der Waals surface area contributed by atoms with Gasteiger partial charge in [0.05, 0.1) is 0 Å². The van der Waals surface area contributed by atoms with Crippen molar-refractivity contribution >= 4 is 0 Å². The van der Waals surface area contributed by atoms with Crippen LogP contribution in [0.25, 0.3) is 0 Å². The molecule has 0 N–H and O–H groups in total. The third kappa shape index (κ3) is 37.5. The van der Waals surface area contributed by atoms with E-state index in [-0.39, 0.29) is 0 Å². The van der Waals surface area contributed by atoms with Crippen molar-refractivity contribution in [3.05, 3.63) is 35.4 Å². The Morgan fingerprint density at radius 3 is 0.481 bits per heavy atom. The zero-order valence-electron chi connectivity index (χ0n) is 36.4. The fourth-order valence-electron chi connectivity index (χ4n) is 8.39. The summed E-state index contributed by atoms with van der Waals surface area (Å²) < 4.78 is 0. The summed E-state index contributed by atoms with van der Waals surface area (Å²) in [5.74, 6) is 0. The number of hydrogen-bond donors (Lipinski definition) is 0. The molecule has 0 aliphatic heterocycles. The number of aryl methyl sites for hydroxylation is 2. The van der Waals surface area contributed by atoms with E-state index in [1.165, 1.54) is 283 Å². The summed E-state index contributed by atoms with van der Waals surface area (Å²) in [6, 6.07) is 9.68. The van der Waals surface area contributed by atoms with E-state index in [1.54, 1.807) is 11.1 Å². The molecule has 0 saturated carbocycles. The maximum absolute atomic E-state index is 2.42. The van der Waals surface area contributed by atoms with E-state index in [9.17, 15) is 0 Å². The Bertz CT molecular complexity index is 696. The molecule has 1 rings (SSSR count). The van der Waals surface area contributed by atoms with Crippen LogP contribution in [0.1, 0.15) is 295 Å². The lowest BCUT2D eigenvalue weighted by Crippen LogP contribution is -1.90. The Labute approximate surface area is 330 Å². The summed E-state index contributed by atoms with van der Waals surface area (Å²) in [5, 5.41) is 0. The fourth-order valence-corrected chi connectivity index (χ4v) is 8.39. The summed E-state index contributed by atoms with van der Waals surface area (Å²) >= 11 is 0. The number of benzene rings is 1. The van der Waals surface area contributed by atoms with Gasteiger partial charge in [-0.05, 0) is 36.8 Å². The zero-order valence-corrected chi connectivity index (χ0v) is 36.4. The molecular weight excluding hydrogens is 625 g/mol. The largest absolute Gasteiger partial charge is 0.0654 e. The lowest BCUT2D eigenvalue weighted by Gasteiger charge is -2.06. The van der Waals surface area contributed by atoms with Crippen molar-refractivity contribution in [3.8, 4) is 0 Å². The molecule has 0 spiro atoms. The number of hydrogen-bond acceptors (Lipinski definition) is 0. The highest BCUT2D eigenvalue weighted by Crippen LogP contribution is 2.18. The fraction of sp³-hybridized carbons (Fsp3) is 0.885. The van der Waals surface area contributed by atoms with Gasteiger partial charge in [0.2, 0.25) is 0 Å². The third-order valence-corrected chi connectivity index (χ3v) is 12.2. The van der Waals surface area contributed by atoms with Gasteiger partial charge in [-0.15, -0.1) is 0 Å². The van der Waals surface area contributed by atoms with Crippen molar-refractivity contribution in [2.24, 2.45) is 0 Å². The molecule has 0 aromatic heterocycles. The van der Waals surface area contributed by atoms with Gasteiger partial charge in [0.1, 0.15) is 0 Å². The smallest absolute Gasteiger partial charge is 0.0279 e. The SMILES string of the molecule is CCCCCCCCCCCCCCCCCCCCCCCc1ccc(CCCCCCCCCCCCCCCCCCCCCCC)cc1. The Morgan fingerprint density at radius 2 is 0.327 bits per heavy atom. The summed E-state index contributed by atoms with van der Waals surface area (Å²) in [4.78, 5) is 0. The molecule has 52 heavy (non-hydrogen) atoms. The second-order valence-electron chi connectivity index (χ2n) is 17.5. The zero-order chi connectivity index (χ0) is 37.1. The molecule has 0 heteroatoms. The molecule has 0 fully saturated rings. The Hall–Kier alpha value is -0.780. The average molecular weight is 723 g/mol. The van der Waals surface area contributed by atoms with Crippen LogP contribution in [0.5, 0.6) is 0 Å². The standard InChI is InChI=1S/C52H98/c1-3-5-7-9-11-13-15-17-19-21-23-25-27-29-31-33-35-37-39-41-43-45-51-47-49-52(50-48-51)46-44-42-40-38-36-34-32-30-28-26-24-22-20-18-16-14-12-10-8-6-4-2/h47-50H,3-46H2,1-2H3. The second kappa shape index (κ2) is 43.0. The van der Waals surface area contributed by atoms with Crippen LogP contribution in [0.3, 0.4) is 0 Å². The molecule has 0 aliphatic rings. The van der Waals surface area contributed by atoms with E-state index >= 15 is 0 Å². The van der Waals surface area contributed by atoms with E-state index in [4.69, 9.17) is 0 Å². The minimum Gasteiger partial charge on any atom is -0.0654 e. The molecule has 0 radical (unpaired) electrons. The van der Waals surface area contributed by atoms with Gasteiger partial charge in [-0.3, -0.25) is 0 Å². The quantitative estimate of drug-likeness (QED) is 0.0588. The molecule has 0 unspecified atom stereocenters. The normalized spacial score (nSPS) is 11.6. The molecular formula is C52H98. The second-order valence-corrected chi connectivity index (χ2v) is 17.5. The first kappa shape index (κ1) is 49.2. The van der Waals surface area contributed by atoms with Crippen molar-refractivity contribution in [1.29, 1.82) is 0 Å². The highest BCUT2D eigenvalue weighted by atomic mass is 14.1. The van der Waals surface area contributed by atoms with Crippen LogP contribution in [0.15, 0.2) is 24.3 Å². The molecule has 0 heterocycles. The van der Waals surface area contributed by atoms with Crippen molar-refractivity contribution in [1.82, 2.24) is 0 Å². The molecule has 0 atom stereocenters. The van der Waals surface area contributed by atoms with Crippen LogP contribution < -0.4 is 0 Å². The molecule has 0 nitrogen and oxygen atoms in total. The molecule has 0 amide bonds. The van der Waals surface area contributed by atoms with E-state index in [1.807, 2.05) is 0 Å². The molecule has 1 aromatic carbocycles. The van der Waals surface area contributed by atoms with Gasteiger partial charge in [-0.25, -0.2) is 0 Å². The Balaban J connectivity index is 1.76. The van der Waals surface area contributed by atoms with Crippen LogP contribution in [0.4, 0.5) is 0 Å². The predicted octanol–water partition coefficient (Wildman–Crippen LogP) is 19.2. The van der Waals surface area contributed by atoms with E-state index < -0.39 is 0 Å². The Morgan fingerprint density at radius 1 is 0.192 bits per heavy atom. The van der Waals surface area contributed by atoms with Gasteiger partial charge in [-0.2, -0.15) is 0 Å². The molecule has 306 valence electrons. The van der Waals surface area contributed by atoms with Gasteiger partial charge >= 0.3 is 0 Å². The lowest BCUT2D eigenvalue weighted by molar-refractivity contribution is 0.520. The Kier molecular flexibility index (Phi) is 40.7. The van der Waals surface area contributed by atoms with Crippen molar-refractivity contribution in [3.63, 3.8) is 0 Å². The first-order valence-electron chi connectivity index (χ1n) is 24.9. The minimum absolute atomic E-state index is 1.28. The summed E-state index contributed by atoms with van der Waals surface area (Å²) in [6.45, 7) is 4.62. The van der Waals surface area contributed by atoms with E-state index in [0.29, 0.717) is 0 Å². The predicted molar refractivity (Wildman–Crippen MR) is 239 cm³/mol.